The van der Waals surface area contributed by atoms with Crippen LogP contribution in [0.2, 0.25) is 0 Å². The molecule has 0 aliphatic carbocycles. The SMILES string of the molecule is C=CCn1c(=NC(=O)c2ccc3nccnc3c2)sc2c(C)cc(C)cc21. The second kappa shape index (κ2) is 6.89. The van der Waals surface area contributed by atoms with Gasteiger partial charge in [0.2, 0.25) is 0 Å². The second-order valence-corrected chi connectivity index (χ2v) is 7.37. The molecule has 4 rings (SSSR count). The summed E-state index contributed by atoms with van der Waals surface area (Å²) < 4.78 is 3.17. The lowest BCUT2D eigenvalue weighted by molar-refractivity contribution is 0.0998. The van der Waals surface area contributed by atoms with Gasteiger partial charge in [0.25, 0.3) is 5.91 Å². The van der Waals surface area contributed by atoms with Crippen LogP contribution in [0, 0.1) is 13.8 Å². The molecule has 2 aromatic carbocycles. The van der Waals surface area contributed by atoms with Crippen molar-refractivity contribution in [3.8, 4) is 0 Å². The van der Waals surface area contributed by atoms with Crippen LogP contribution < -0.4 is 4.80 Å². The largest absolute Gasteiger partial charge is 0.312 e. The highest BCUT2D eigenvalue weighted by molar-refractivity contribution is 7.16. The van der Waals surface area contributed by atoms with Crippen molar-refractivity contribution in [2.75, 3.05) is 0 Å². The first kappa shape index (κ1) is 17.3. The molecule has 1 amide bonds. The van der Waals surface area contributed by atoms with Crippen LogP contribution in [0.5, 0.6) is 0 Å². The number of aryl methyl sites for hydroxylation is 2. The van der Waals surface area contributed by atoms with Crippen LogP contribution >= 0.6 is 11.3 Å². The average molecular weight is 374 g/mol. The first-order chi connectivity index (χ1) is 13.1. The van der Waals surface area contributed by atoms with Crippen molar-refractivity contribution >= 4 is 38.5 Å². The minimum atomic E-state index is -0.290. The molecule has 6 heteroatoms. The summed E-state index contributed by atoms with van der Waals surface area (Å²) in [6.45, 7) is 8.59. The highest BCUT2D eigenvalue weighted by atomic mass is 32.1. The van der Waals surface area contributed by atoms with Crippen LogP contribution in [0.25, 0.3) is 21.3 Å². The number of allylic oxidation sites excluding steroid dienone is 1. The van der Waals surface area contributed by atoms with Gasteiger partial charge in [-0.05, 0) is 49.2 Å². The molecule has 4 aromatic rings. The summed E-state index contributed by atoms with van der Waals surface area (Å²) in [6, 6.07) is 9.53. The molecule has 0 radical (unpaired) electrons. The lowest BCUT2D eigenvalue weighted by atomic mass is 10.1. The van der Waals surface area contributed by atoms with Gasteiger partial charge in [-0.3, -0.25) is 14.8 Å². The number of aromatic nitrogens is 3. The molecule has 0 aliphatic rings. The van der Waals surface area contributed by atoms with Gasteiger partial charge in [0.05, 0.1) is 21.3 Å². The maximum Gasteiger partial charge on any atom is 0.279 e. The van der Waals surface area contributed by atoms with Crippen LogP contribution in [0.3, 0.4) is 0 Å². The molecule has 0 aliphatic heterocycles. The zero-order valence-corrected chi connectivity index (χ0v) is 16.0. The number of rotatable bonds is 3. The molecule has 0 atom stereocenters. The van der Waals surface area contributed by atoms with Gasteiger partial charge >= 0.3 is 0 Å². The molecular weight excluding hydrogens is 356 g/mol. The van der Waals surface area contributed by atoms with Crippen LogP contribution in [-0.4, -0.2) is 20.4 Å². The molecule has 0 fully saturated rings. The Balaban J connectivity index is 1.87. The van der Waals surface area contributed by atoms with E-state index in [0.29, 0.717) is 22.4 Å². The third-order valence-electron chi connectivity index (χ3n) is 4.34. The molecule has 5 nitrogen and oxygen atoms in total. The van der Waals surface area contributed by atoms with E-state index in [4.69, 9.17) is 0 Å². The quantitative estimate of drug-likeness (QED) is 0.505. The lowest BCUT2D eigenvalue weighted by Crippen LogP contribution is -2.16. The molecule has 0 N–H and O–H groups in total. The number of nitrogens with zero attached hydrogens (tertiary/aromatic N) is 4. The Morgan fingerprint density at radius 2 is 1.96 bits per heavy atom. The molecule has 0 saturated heterocycles. The third kappa shape index (κ3) is 3.19. The summed E-state index contributed by atoms with van der Waals surface area (Å²) in [6.07, 6.45) is 5.07. The van der Waals surface area contributed by atoms with Gasteiger partial charge in [-0.25, -0.2) is 0 Å². The second-order valence-electron chi connectivity index (χ2n) is 6.39. The standard InChI is InChI=1S/C21H18N4OS/c1-4-9-25-18-11-13(2)10-14(3)19(18)27-21(25)24-20(26)15-5-6-16-17(12-15)23-8-7-22-16/h4-8,10-12H,1,9H2,2-3H3. The zero-order valence-electron chi connectivity index (χ0n) is 15.1. The van der Waals surface area contributed by atoms with Gasteiger partial charge in [0.1, 0.15) is 0 Å². The monoisotopic (exact) mass is 374 g/mol. The molecular formula is C21H18N4OS. The van der Waals surface area contributed by atoms with Crippen molar-refractivity contribution in [3.63, 3.8) is 0 Å². The number of carbonyl (C=O) groups is 1. The Bertz CT molecular complexity index is 1270. The predicted octanol–water partition coefficient (Wildman–Crippen LogP) is 4.19. The van der Waals surface area contributed by atoms with Crippen LogP contribution in [0.15, 0.2) is 60.4 Å². The summed E-state index contributed by atoms with van der Waals surface area (Å²) in [4.78, 5) is 26.4. The number of carbonyl (C=O) groups excluding carboxylic acids is 1. The van der Waals surface area contributed by atoms with E-state index in [0.717, 1.165) is 15.7 Å². The topological polar surface area (TPSA) is 60.1 Å². The summed E-state index contributed by atoms with van der Waals surface area (Å²) in [5, 5.41) is 0. The Labute approximate surface area is 160 Å². The minimum Gasteiger partial charge on any atom is -0.312 e. The number of hydrogen-bond acceptors (Lipinski definition) is 4. The molecule has 0 bridgehead atoms. The van der Waals surface area contributed by atoms with Crippen LogP contribution in [0.4, 0.5) is 0 Å². The Kier molecular flexibility index (Phi) is 4.41. The third-order valence-corrected chi connectivity index (χ3v) is 5.57. The summed E-state index contributed by atoms with van der Waals surface area (Å²) in [5.74, 6) is -0.290. The van der Waals surface area contributed by atoms with E-state index < -0.39 is 0 Å². The molecule has 0 unspecified atom stereocenters. The lowest BCUT2D eigenvalue weighted by Gasteiger charge is -2.03. The van der Waals surface area contributed by atoms with Crippen molar-refractivity contribution in [2.45, 2.75) is 20.4 Å². The van der Waals surface area contributed by atoms with Gasteiger partial charge in [-0.2, -0.15) is 4.99 Å². The number of amides is 1. The fourth-order valence-corrected chi connectivity index (χ4v) is 4.24. The van der Waals surface area contributed by atoms with E-state index in [9.17, 15) is 4.79 Å². The Hall–Kier alpha value is -3.12. The highest BCUT2D eigenvalue weighted by Gasteiger charge is 2.11. The number of hydrogen-bond donors (Lipinski definition) is 0. The van der Waals surface area contributed by atoms with E-state index in [2.05, 4.69) is 47.5 Å². The van der Waals surface area contributed by atoms with Gasteiger partial charge in [0.15, 0.2) is 4.80 Å². The van der Waals surface area contributed by atoms with E-state index >= 15 is 0 Å². The number of fused-ring (bicyclic) bond motifs is 2. The van der Waals surface area contributed by atoms with E-state index in [1.165, 1.54) is 22.5 Å². The number of thiazole rings is 1. The van der Waals surface area contributed by atoms with E-state index in [1.54, 1.807) is 30.6 Å². The minimum absolute atomic E-state index is 0.290. The van der Waals surface area contributed by atoms with Gasteiger partial charge in [-0.15, -0.1) is 6.58 Å². The molecule has 2 aromatic heterocycles. The van der Waals surface area contributed by atoms with Gasteiger partial charge < -0.3 is 4.57 Å². The van der Waals surface area contributed by atoms with Crippen molar-refractivity contribution in [1.29, 1.82) is 0 Å². The molecule has 0 spiro atoms. The van der Waals surface area contributed by atoms with Gasteiger partial charge in [-0.1, -0.05) is 23.5 Å². The first-order valence-corrected chi connectivity index (χ1v) is 9.40. The number of benzene rings is 2. The average Bonchev–Trinajstić information content (AvgIpc) is 2.99. The summed E-state index contributed by atoms with van der Waals surface area (Å²) in [7, 11) is 0. The van der Waals surface area contributed by atoms with E-state index in [1.807, 2.05) is 10.6 Å². The molecule has 0 saturated carbocycles. The van der Waals surface area contributed by atoms with Crippen molar-refractivity contribution in [1.82, 2.24) is 14.5 Å². The first-order valence-electron chi connectivity index (χ1n) is 8.58. The van der Waals surface area contributed by atoms with Crippen molar-refractivity contribution in [3.05, 3.63) is 76.9 Å². The summed E-state index contributed by atoms with van der Waals surface area (Å²) in [5.41, 5.74) is 5.38. The van der Waals surface area contributed by atoms with Crippen LogP contribution in [0.1, 0.15) is 21.5 Å². The Morgan fingerprint density at radius 1 is 1.19 bits per heavy atom. The Morgan fingerprint density at radius 3 is 2.74 bits per heavy atom. The van der Waals surface area contributed by atoms with Gasteiger partial charge in [0, 0.05) is 24.5 Å². The fraction of sp³-hybridized carbons (Fsp3) is 0.143. The maximum atomic E-state index is 12.8. The van der Waals surface area contributed by atoms with Crippen molar-refractivity contribution < 1.29 is 4.79 Å². The molecule has 134 valence electrons. The zero-order chi connectivity index (χ0) is 19.0. The highest BCUT2D eigenvalue weighted by Crippen LogP contribution is 2.23. The molecule has 27 heavy (non-hydrogen) atoms. The van der Waals surface area contributed by atoms with Crippen molar-refractivity contribution in [2.24, 2.45) is 4.99 Å². The maximum absolute atomic E-state index is 12.8. The smallest absolute Gasteiger partial charge is 0.279 e. The normalized spacial score (nSPS) is 12.0. The predicted molar refractivity (Wildman–Crippen MR) is 109 cm³/mol. The van der Waals surface area contributed by atoms with E-state index in [-0.39, 0.29) is 5.91 Å². The summed E-state index contributed by atoms with van der Waals surface area (Å²) >= 11 is 1.53. The van der Waals surface area contributed by atoms with Crippen LogP contribution in [-0.2, 0) is 6.54 Å². The molecule has 2 heterocycles. The fourth-order valence-electron chi connectivity index (χ4n) is 3.15.